The van der Waals surface area contributed by atoms with Crippen LogP contribution in [0, 0.1) is 5.92 Å². The fraction of sp³-hybridized carbons (Fsp3) is 0.824. The van der Waals surface area contributed by atoms with Crippen LogP contribution in [0.3, 0.4) is 0 Å². The van der Waals surface area contributed by atoms with Gasteiger partial charge in [0.1, 0.15) is 5.78 Å². The second-order valence-electron chi connectivity index (χ2n) is 5.85. The van der Waals surface area contributed by atoms with Gasteiger partial charge in [0.15, 0.2) is 0 Å². The number of carbonyl (C=O) groups excluding carboxylic acids is 1. The molecule has 104 valence electrons. The van der Waals surface area contributed by atoms with E-state index in [0.29, 0.717) is 11.7 Å². The minimum absolute atomic E-state index is 0.474. The van der Waals surface area contributed by atoms with Gasteiger partial charge in [-0.05, 0) is 31.6 Å². The minimum Gasteiger partial charge on any atom is -0.300 e. The lowest BCUT2D eigenvalue weighted by molar-refractivity contribution is -0.119. The molecule has 1 rings (SSSR count). The van der Waals surface area contributed by atoms with Gasteiger partial charge in [-0.2, -0.15) is 0 Å². The minimum atomic E-state index is 0.474. The van der Waals surface area contributed by atoms with Crippen LogP contribution >= 0.6 is 0 Å². The molecule has 1 unspecified atom stereocenters. The standard InChI is InChI=1S/C17H30O/c1-16-12-10-8-6-4-2-3-5-7-9-11-13-17(18)15-14-16/h10,12,16H,2-9,11,13-15H2,1H3. The molecule has 0 aromatic rings. The molecule has 1 atom stereocenters. The highest BCUT2D eigenvalue weighted by atomic mass is 16.1. The van der Waals surface area contributed by atoms with E-state index >= 15 is 0 Å². The van der Waals surface area contributed by atoms with Crippen LogP contribution in [-0.4, -0.2) is 5.78 Å². The number of ketones is 1. The van der Waals surface area contributed by atoms with E-state index in [2.05, 4.69) is 19.1 Å². The first-order chi connectivity index (χ1) is 8.79. The van der Waals surface area contributed by atoms with E-state index in [4.69, 9.17) is 0 Å². The topological polar surface area (TPSA) is 17.1 Å². The fourth-order valence-electron chi connectivity index (χ4n) is 2.58. The Hall–Kier alpha value is -0.590. The van der Waals surface area contributed by atoms with Crippen molar-refractivity contribution in [2.75, 3.05) is 0 Å². The number of hydrogen-bond donors (Lipinski definition) is 0. The molecule has 0 amide bonds. The summed E-state index contributed by atoms with van der Waals surface area (Å²) in [5.41, 5.74) is 0. The molecule has 0 fully saturated rings. The summed E-state index contributed by atoms with van der Waals surface area (Å²) >= 11 is 0. The van der Waals surface area contributed by atoms with Crippen LogP contribution in [0.1, 0.15) is 84.0 Å². The smallest absolute Gasteiger partial charge is 0.132 e. The van der Waals surface area contributed by atoms with Crippen molar-refractivity contribution in [2.45, 2.75) is 84.0 Å². The summed E-state index contributed by atoms with van der Waals surface area (Å²) < 4.78 is 0. The van der Waals surface area contributed by atoms with Gasteiger partial charge < -0.3 is 0 Å². The quantitative estimate of drug-likeness (QED) is 0.523. The monoisotopic (exact) mass is 250 g/mol. The molecule has 0 radical (unpaired) electrons. The largest absolute Gasteiger partial charge is 0.300 e. The molecular formula is C17H30O. The van der Waals surface area contributed by atoms with Gasteiger partial charge in [0, 0.05) is 12.8 Å². The van der Waals surface area contributed by atoms with Gasteiger partial charge >= 0.3 is 0 Å². The lowest BCUT2D eigenvalue weighted by atomic mass is 9.98. The van der Waals surface area contributed by atoms with Crippen LogP contribution in [0.5, 0.6) is 0 Å². The van der Waals surface area contributed by atoms with E-state index in [1.807, 2.05) is 0 Å². The van der Waals surface area contributed by atoms with Crippen molar-refractivity contribution in [1.29, 1.82) is 0 Å². The molecule has 1 aliphatic carbocycles. The maximum absolute atomic E-state index is 11.7. The van der Waals surface area contributed by atoms with E-state index in [1.165, 1.54) is 51.4 Å². The van der Waals surface area contributed by atoms with Crippen molar-refractivity contribution in [3.63, 3.8) is 0 Å². The van der Waals surface area contributed by atoms with Crippen molar-refractivity contribution < 1.29 is 4.79 Å². The molecule has 0 saturated carbocycles. The van der Waals surface area contributed by atoms with Crippen LogP contribution < -0.4 is 0 Å². The van der Waals surface area contributed by atoms with Crippen molar-refractivity contribution in [3.05, 3.63) is 12.2 Å². The summed E-state index contributed by atoms with van der Waals surface area (Å²) in [6, 6.07) is 0. The average molecular weight is 250 g/mol. The molecule has 0 N–H and O–H groups in total. The van der Waals surface area contributed by atoms with Crippen molar-refractivity contribution >= 4 is 5.78 Å². The van der Waals surface area contributed by atoms with E-state index in [-0.39, 0.29) is 0 Å². The Morgan fingerprint density at radius 3 is 2.22 bits per heavy atom. The van der Waals surface area contributed by atoms with Gasteiger partial charge in [-0.1, -0.05) is 57.6 Å². The Balaban J connectivity index is 2.29. The molecule has 0 saturated heterocycles. The molecular weight excluding hydrogens is 220 g/mol. The molecule has 18 heavy (non-hydrogen) atoms. The molecule has 0 spiro atoms. The van der Waals surface area contributed by atoms with Gasteiger partial charge in [-0.3, -0.25) is 4.79 Å². The zero-order valence-corrected chi connectivity index (χ0v) is 12.1. The number of hydrogen-bond acceptors (Lipinski definition) is 1. The Morgan fingerprint density at radius 1 is 0.889 bits per heavy atom. The highest BCUT2D eigenvalue weighted by Crippen LogP contribution is 2.15. The van der Waals surface area contributed by atoms with Crippen LogP contribution in [0.4, 0.5) is 0 Å². The Morgan fingerprint density at radius 2 is 1.50 bits per heavy atom. The summed E-state index contributed by atoms with van der Waals surface area (Å²) in [6.07, 6.45) is 19.0. The predicted molar refractivity (Wildman–Crippen MR) is 78.7 cm³/mol. The first-order valence-electron chi connectivity index (χ1n) is 7.97. The van der Waals surface area contributed by atoms with Gasteiger partial charge in [-0.25, -0.2) is 0 Å². The third-order valence-electron chi connectivity index (χ3n) is 3.92. The fourth-order valence-corrected chi connectivity index (χ4v) is 2.58. The normalized spacial score (nSPS) is 26.1. The van der Waals surface area contributed by atoms with E-state index in [0.717, 1.165) is 25.7 Å². The highest BCUT2D eigenvalue weighted by molar-refractivity contribution is 5.78. The molecule has 1 heteroatoms. The van der Waals surface area contributed by atoms with E-state index < -0.39 is 0 Å². The summed E-state index contributed by atoms with van der Waals surface area (Å²) in [6.45, 7) is 2.23. The number of allylic oxidation sites excluding steroid dienone is 2. The van der Waals surface area contributed by atoms with E-state index in [9.17, 15) is 4.79 Å². The van der Waals surface area contributed by atoms with E-state index in [1.54, 1.807) is 0 Å². The maximum Gasteiger partial charge on any atom is 0.132 e. The lowest BCUT2D eigenvalue weighted by Gasteiger charge is -2.07. The first kappa shape index (κ1) is 15.5. The van der Waals surface area contributed by atoms with Gasteiger partial charge in [0.05, 0.1) is 0 Å². The number of rotatable bonds is 0. The van der Waals surface area contributed by atoms with Crippen LogP contribution in [0.2, 0.25) is 0 Å². The van der Waals surface area contributed by atoms with Crippen molar-refractivity contribution in [3.8, 4) is 0 Å². The molecule has 0 heterocycles. The van der Waals surface area contributed by atoms with Gasteiger partial charge in [-0.15, -0.1) is 0 Å². The molecule has 0 aliphatic heterocycles. The average Bonchev–Trinajstić information content (AvgIpc) is 2.36. The Kier molecular flexibility index (Phi) is 8.89. The predicted octanol–water partition coefficient (Wildman–Crippen LogP) is 5.44. The second kappa shape index (κ2) is 10.3. The molecule has 0 aromatic heterocycles. The number of Topliss-reactive ketones (excluding diaryl/α,β-unsaturated/α-hetero) is 1. The SMILES string of the molecule is CC1C=CCCCCCCCCCCC(=O)CC1. The summed E-state index contributed by atoms with van der Waals surface area (Å²) in [5.74, 6) is 1.05. The van der Waals surface area contributed by atoms with Crippen molar-refractivity contribution in [1.82, 2.24) is 0 Å². The lowest BCUT2D eigenvalue weighted by Crippen LogP contribution is -2.01. The third-order valence-corrected chi connectivity index (χ3v) is 3.92. The zero-order valence-electron chi connectivity index (χ0n) is 12.1. The highest BCUT2D eigenvalue weighted by Gasteiger charge is 2.05. The zero-order chi connectivity index (χ0) is 13.1. The van der Waals surface area contributed by atoms with Crippen molar-refractivity contribution in [2.24, 2.45) is 5.92 Å². The maximum atomic E-state index is 11.7. The van der Waals surface area contributed by atoms with Crippen LogP contribution in [0.15, 0.2) is 12.2 Å². The molecule has 1 aliphatic rings. The Bertz CT molecular complexity index is 242. The summed E-state index contributed by atoms with van der Waals surface area (Å²) in [5, 5.41) is 0. The third kappa shape index (κ3) is 8.49. The molecule has 0 bridgehead atoms. The summed E-state index contributed by atoms with van der Waals surface area (Å²) in [7, 11) is 0. The summed E-state index contributed by atoms with van der Waals surface area (Å²) in [4.78, 5) is 11.7. The first-order valence-corrected chi connectivity index (χ1v) is 7.97. The van der Waals surface area contributed by atoms with Crippen LogP contribution in [0.25, 0.3) is 0 Å². The van der Waals surface area contributed by atoms with Gasteiger partial charge in [0.25, 0.3) is 0 Å². The van der Waals surface area contributed by atoms with Crippen LogP contribution in [-0.2, 0) is 4.79 Å². The van der Waals surface area contributed by atoms with Gasteiger partial charge in [0.2, 0.25) is 0 Å². The molecule has 1 nitrogen and oxygen atoms in total. The number of carbonyl (C=O) groups is 1. The molecule has 0 aromatic carbocycles. The Labute approximate surface area is 113 Å². The second-order valence-corrected chi connectivity index (χ2v) is 5.85.